The summed E-state index contributed by atoms with van der Waals surface area (Å²) >= 11 is 0. The Morgan fingerprint density at radius 1 is 1.50 bits per heavy atom. The molecule has 0 aliphatic carbocycles. The maximum Gasteiger partial charge on any atom is 0.317 e. The lowest BCUT2D eigenvalue weighted by Gasteiger charge is -2.12. The monoisotopic (exact) mass is 192 g/mol. The average Bonchev–Trinajstić information content (AvgIpc) is 2.56. The number of hydrogen-bond acceptors (Lipinski definition) is 3. The van der Waals surface area contributed by atoms with Crippen LogP contribution in [0, 0.1) is 6.92 Å². The molecule has 2 rings (SSSR count). The van der Waals surface area contributed by atoms with Crippen LogP contribution in [0.15, 0.2) is 12.1 Å². The van der Waals surface area contributed by atoms with E-state index in [9.17, 15) is 4.79 Å². The molecule has 1 aromatic heterocycles. The van der Waals surface area contributed by atoms with E-state index in [1.165, 1.54) is 0 Å². The quantitative estimate of drug-likeness (QED) is 0.733. The summed E-state index contributed by atoms with van der Waals surface area (Å²) in [4.78, 5) is 12.9. The van der Waals surface area contributed by atoms with Gasteiger partial charge in [-0.2, -0.15) is 10.2 Å². The third-order valence-electron chi connectivity index (χ3n) is 2.15. The molecule has 0 spiro atoms. The predicted molar refractivity (Wildman–Crippen MR) is 50.6 cm³/mol. The Morgan fingerprint density at radius 2 is 2.36 bits per heavy atom. The maximum absolute atomic E-state index is 11.2. The largest absolute Gasteiger partial charge is 0.336 e. The highest BCUT2D eigenvalue weighted by Gasteiger charge is 2.19. The standard InChI is InChI=1S/C9H12N4O/c1-7-2-3-8(12-11-7)6-13-5-4-10-9(13)14/h2-3H,4-6H2,1H3,(H,10,14). The van der Waals surface area contributed by atoms with E-state index in [0.717, 1.165) is 24.5 Å². The first-order valence-electron chi connectivity index (χ1n) is 4.58. The van der Waals surface area contributed by atoms with Crippen molar-refractivity contribution >= 4 is 6.03 Å². The molecule has 14 heavy (non-hydrogen) atoms. The molecule has 0 unspecified atom stereocenters. The zero-order valence-electron chi connectivity index (χ0n) is 8.03. The number of carbonyl (C=O) groups is 1. The third kappa shape index (κ3) is 1.81. The highest BCUT2D eigenvalue weighted by Crippen LogP contribution is 2.04. The summed E-state index contributed by atoms with van der Waals surface area (Å²) in [5.41, 5.74) is 1.72. The lowest BCUT2D eigenvalue weighted by Crippen LogP contribution is -2.28. The number of nitrogens with zero attached hydrogens (tertiary/aromatic N) is 3. The molecule has 0 bridgehead atoms. The SMILES string of the molecule is Cc1ccc(CN2CCNC2=O)nn1. The predicted octanol–water partition coefficient (Wildman–Crippen LogP) is 0.310. The van der Waals surface area contributed by atoms with Crippen LogP contribution in [0.3, 0.4) is 0 Å². The van der Waals surface area contributed by atoms with Gasteiger partial charge in [0.25, 0.3) is 0 Å². The Morgan fingerprint density at radius 3 is 2.93 bits per heavy atom. The van der Waals surface area contributed by atoms with Crippen LogP contribution < -0.4 is 5.32 Å². The van der Waals surface area contributed by atoms with E-state index in [1.807, 2.05) is 19.1 Å². The summed E-state index contributed by atoms with van der Waals surface area (Å²) in [6.45, 7) is 3.89. The molecule has 1 N–H and O–H groups in total. The summed E-state index contributed by atoms with van der Waals surface area (Å²) in [5.74, 6) is 0. The van der Waals surface area contributed by atoms with Gasteiger partial charge in [-0.05, 0) is 19.1 Å². The van der Waals surface area contributed by atoms with Crippen molar-refractivity contribution in [3.63, 3.8) is 0 Å². The molecular formula is C9H12N4O. The van der Waals surface area contributed by atoms with Crippen molar-refractivity contribution in [1.82, 2.24) is 20.4 Å². The third-order valence-corrected chi connectivity index (χ3v) is 2.15. The van der Waals surface area contributed by atoms with E-state index in [4.69, 9.17) is 0 Å². The van der Waals surface area contributed by atoms with E-state index < -0.39 is 0 Å². The Bertz CT molecular complexity index is 335. The van der Waals surface area contributed by atoms with Gasteiger partial charge in [0.2, 0.25) is 0 Å². The van der Waals surface area contributed by atoms with Gasteiger partial charge in [0.15, 0.2) is 0 Å². The van der Waals surface area contributed by atoms with Crippen molar-refractivity contribution in [2.45, 2.75) is 13.5 Å². The van der Waals surface area contributed by atoms with Gasteiger partial charge in [-0.1, -0.05) is 0 Å². The zero-order valence-corrected chi connectivity index (χ0v) is 8.03. The van der Waals surface area contributed by atoms with Crippen molar-refractivity contribution in [3.8, 4) is 0 Å². The molecular weight excluding hydrogens is 180 g/mol. The molecule has 2 heterocycles. The molecule has 1 aliphatic heterocycles. The number of urea groups is 1. The molecule has 74 valence electrons. The van der Waals surface area contributed by atoms with Crippen molar-refractivity contribution in [2.24, 2.45) is 0 Å². The first kappa shape index (κ1) is 8.93. The highest BCUT2D eigenvalue weighted by molar-refractivity contribution is 5.76. The van der Waals surface area contributed by atoms with Crippen LogP contribution in [-0.4, -0.2) is 34.2 Å². The minimum atomic E-state index is -0.0209. The molecule has 0 atom stereocenters. The Labute approximate surface area is 82.1 Å². The summed E-state index contributed by atoms with van der Waals surface area (Å²) in [5, 5.41) is 10.7. The van der Waals surface area contributed by atoms with Crippen LogP contribution in [0.2, 0.25) is 0 Å². The fourth-order valence-corrected chi connectivity index (χ4v) is 1.37. The number of rotatable bonds is 2. The van der Waals surface area contributed by atoms with Gasteiger partial charge in [0.1, 0.15) is 0 Å². The van der Waals surface area contributed by atoms with E-state index in [2.05, 4.69) is 15.5 Å². The normalized spacial score (nSPS) is 15.8. The van der Waals surface area contributed by atoms with Gasteiger partial charge in [-0.15, -0.1) is 0 Å². The van der Waals surface area contributed by atoms with E-state index in [-0.39, 0.29) is 6.03 Å². The molecule has 5 nitrogen and oxygen atoms in total. The van der Waals surface area contributed by atoms with Crippen LogP contribution in [0.5, 0.6) is 0 Å². The van der Waals surface area contributed by atoms with E-state index >= 15 is 0 Å². The molecule has 0 saturated carbocycles. The zero-order chi connectivity index (χ0) is 9.97. The van der Waals surface area contributed by atoms with Crippen molar-refractivity contribution in [1.29, 1.82) is 0 Å². The van der Waals surface area contributed by atoms with Crippen LogP contribution in [0.25, 0.3) is 0 Å². The Hall–Kier alpha value is -1.65. The van der Waals surface area contributed by atoms with Gasteiger partial charge in [0, 0.05) is 13.1 Å². The van der Waals surface area contributed by atoms with E-state index in [0.29, 0.717) is 6.54 Å². The topological polar surface area (TPSA) is 58.1 Å². The average molecular weight is 192 g/mol. The van der Waals surface area contributed by atoms with Gasteiger partial charge >= 0.3 is 6.03 Å². The summed E-state index contributed by atoms with van der Waals surface area (Å²) in [7, 11) is 0. The molecule has 5 heteroatoms. The van der Waals surface area contributed by atoms with E-state index in [1.54, 1.807) is 4.90 Å². The van der Waals surface area contributed by atoms with Crippen molar-refractivity contribution in [2.75, 3.05) is 13.1 Å². The van der Waals surface area contributed by atoms with Crippen molar-refractivity contribution < 1.29 is 4.79 Å². The van der Waals surface area contributed by atoms with Crippen LogP contribution in [0.1, 0.15) is 11.4 Å². The second-order valence-electron chi connectivity index (χ2n) is 3.32. The molecule has 0 radical (unpaired) electrons. The second-order valence-corrected chi connectivity index (χ2v) is 3.32. The summed E-state index contributed by atoms with van der Waals surface area (Å²) < 4.78 is 0. The lowest BCUT2D eigenvalue weighted by atomic mass is 10.3. The van der Waals surface area contributed by atoms with Gasteiger partial charge in [0.05, 0.1) is 17.9 Å². The molecule has 1 saturated heterocycles. The lowest BCUT2D eigenvalue weighted by molar-refractivity contribution is 0.215. The molecule has 1 aliphatic rings. The number of aryl methyl sites for hydroxylation is 1. The fourth-order valence-electron chi connectivity index (χ4n) is 1.37. The second kappa shape index (κ2) is 3.61. The maximum atomic E-state index is 11.2. The van der Waals surface area contributed by atoms with Crippen LogP contribution in [0.4, 0.5) is 4.79 Å². The molecule has 2 amide bonds. The van der Waals surface area contributed by atoms with Crippen LogP contribution >= 0.6 is 0 Å². The first-order chi connectivity index (χ1) is 6.75. The van der Waals surface area contributed by atoms with Gasteiger partial charge < -0.3 is 10.2 Å². The number of carbonyl (C=O) groups excluding carboxylic acids is 1. The molecule has 1 aromatic rings. The highest BCUT2D eigenvalue weighted by atomic mass is 16.2. The number of aromatic nitrogens is 2. The fraction of sp³-hybridized carbons (Fsp3) is 0.444. The van der Waals surface area contributed by atoms with Crippen LogP contribution in [-0.2, 0) is 6.54 Å². The smallest absolute Gasteiger partial charge is 0.317 e. The first-order valence-corrected chi connectivity index (χ1v) is 4.58. The Balaban J connectivity index is 2.03. The number of hydrogen-bond donors (Lipinski definition) is 1. The van der Waals surface area contributed by atoms with Gasteiger partial charge in [-0.3, -0.25) is 0 Å². The molecule has 1 fully saturated rings. The van der Waals surface area contributed by atoms with Gasteiger partial charge in [-0.25, -0.2) is 4.79 Å². The van der Waals surface area contributed by atoms with Crippen molar-refractivity contribution in [3.05, 3.63) is 23.5 Å². The number of nitrogens with one attached hydrogen (secondary N) is 1. The Kier molecular flexibility index (Phi) is 2.30. The minimum absolute atomic E-state index is 0.0209. The molecule has 0 aromatic carbocycles. The summed E-state index contributed by atoms with van der Waals surface area (Å²) in [6.07, 6.45) is 0. The minimum Gasteiger partial charge on any atom is -0.336 e. The summed E-state index contributed by atoms with van der Waals surface area (Å²) in [6, 6.07) is 3.77. The number of amides is 2.